The van der Waals surface area contributed by atoms with E-state index < -0.39 is 5.91 Å². The van der Waals surface area contributed by atoms with E-state index in [1.54, 1.807) is 12.1 Å². The molecule has 2 rings (SSSR count). The first-order valence-electron chi connectivity index (χ1n) is 5.95. The molecular formula is C15H15BrN2O. The molecule has 0 aromatic heterocycles. The molecule has 98 valence electrons. The summed E-state index contributed by atoms with van der Waals surface area (Å²) in [6.07, 6.45) is 0. The Balaban J connectivity index is 2.07. The minimum Gasteiger partial charge on any atom is -0.381 e. The molecule has 0 radical (unpaired) electrons. The zero-order chi connectivity index (χ0) is 13.8. The minimum atomic E-state index is -0.402. The van der Waals surface area contributed by atoms with Gasteiger partial charge in [-0.1, -0.05) is 28.1 Å². The van der Waals surface area contributed by atoms with Crippen LogP contribution in [0.15, 0.2) is 46.9 Å². The lowest BCUT2D eigenvalue weighted by atomic mass is 10.1. The van der Waals surface area contributed by atoms with Crippen LogP contribution in [0.5, 0.6) is 0 Å². The number of anilines is 1. The Morgan fingerprint density at radius 1 is 1.26 bits per heavy atom. The first-order valence-corrected chi connectivity index (χ1v) is 6.74. The zero-order valence-corrected chi connectivity index (χ0v) is 12.2. The van der Waals surface area contributed by atoms with Crippen LogP contribution < -0.4 is 11.1 Å². The summed E-state index contributed by atoms with van der Waals surface area (Å²) < 4.78 is 1.09. The fraction of sp³-hybridized carbons (Fsp3) is 0.133. The fourth-order valence-corrected chi connectivity index (χ4v) is 2.04. The number of rotatable bonds is 4. The average Bonchev–Trinajstić information content (AvgIpc) is 2.40. The number of benzene rings is 2. The van der Waals surface area contributed by atoms with E-state index in [2.05, 4.69) is 27.3 Å². The maximum absolute atomic E-state index is 11.1. The molecule has 0 bridgehead atoms. The zero-order valence-electron chi connectivity index (χ0n) is 10.6. The summed E-state index contributed by atoms with van der Waals surface area (Å²) in [5.41, 5.74) is 9.04. The molecule has 0 aliphatic rings. The fourth-order valence-electron chi connectivity index (χ4n) is 1.79. The number of carbonyl (C=O) groups excluding carboxylic acids is 1. The molecular weight excluding hydrogens is 304 g/mol. The van der Waals surface area contributed by atoms with Crippen LogP contribution in [0.3, 0.4) is 0 Å². The van der Waals surface area contributed by atoms with Gasteiger partial charge in [0.15, 0.2) is 0 Å². The van der Waals surface area contributed by atoms with Crippen molar-refractivity contribution in [3.05, 3.63) is 63.6 Å². The van der Waals surface area contributed by atoms with Gasteiger partial charge in [-0.2, -0.15) is 0 Å². The van der Waals surface area contributed by atoms with Crippen molar-refractivity contribution in [2.45, 2.75) is 13.5 Å². The highest BCUT2D eigenvalue weighted by Gasteiger charge is 2.02. The molecule has 0 unspecified atom stereocenters. The second-order valence-electron chi connectivity index (χ2n) is 4.38. The molecule has 0 atom stereocenters. The van der Waals surface area contributed by atoms with E-state index in [-0.39, 0.29) is 0 Å². The molecule has 0 aliphatic heterocycles. The van der Waals surface area contributed by atoms with Gasteiger partial charge in [0.25, 0.3) is 0 Å². The normalized spacial score (nSPS) is 10.2. The quantitative estimate of drug-likeness (QED) is 0.906. The predicted molar refractivity (Wildman–Crippen MR) is 81.2 cm³/mol. The van der Waals surface area contributed by atoms with E-state index in [0.29, 0.717) is 12.1 Å². The van der Waals surface area contributed by atoms with Crippen molar-refractivity contribution < 1.29 is 4.79 Å². The second kappa shape index (κ2) is 5.89. The van der Waals surface area contributed by atoms with Gasteiger partial charge in [0.2, 0.25) is 5.91 Å². The first kappa shape index (κ1) is 13.6. The third-order valence-electron chi connectivity index (χ3n) is 2.87. The van der Waals surface area contributed by atoms with Crippen LogP contribution in [0.1, 0.15) is 21.5 Å². The monoisotopic (exact) mass is 318 g/mol. The van der Waals surface area contributed by atoms with Gasteiger partial charge in [-0.25, -0.2) is 0 Å². The van der Waals surface area contributed by atoms with Gasteiger partial charge in [-0.3, -0.25) is 4.79 Å². The maximum Gasteiger partial charge on any atom is 0.248 e. The molecule has 0 aliphatic carbocycles. The maximum atomic E-state index is 11.1. The summed E-state index contributed by atoms with van der Waals surface area (Å²) in [4.78, 5) is 11.1. The number of hydrogen-bond acceptors (Lipinski definition) is 2. The lowest BCUT2D eigenvalue weighted by Crippen LogP contribution is -2.11. The lowest BCUT2D eigenvalue weighted by molar-refractivity contribution is 0.1000. The van der Waals surface area contributed by atoms with Crippen LogP contribution >= 0.6 is 15.9 Å². The topological polar surface area (TPSA) is 55.1 Å². The Bertz CT molecular complexity index is 611. The molecule has 0 heterocycles. The minimum absolute atomic E-state index is 0.402. The molecule has 1 amide bonds. The van der Waals surface area contributed by atoms with Crippen molar-refractivity contribution in [3.63, 3.8) is 0 Å². The van der Waals surface area contributed by atoms with Crippen molar-refractivity contribution >= 4 is 27.5 Å². The van der Waals surface area contributed by atoms with Crippen LogP contribution in [-0.4, -0.2) is 5.91 Å². The number of nitrogens with one attached hydrogen (secondary N) is 1. The van der Waals surface area contributed by atoms with Crippen LogP contribution in [0, 0.1) is 6.92 Å². The third kappa shape index (κ3) is 3.58. The van der Waals surface area contributed by atoms with E-state index in [4.69, 9.17) is 5.73 Å². The van der Waals surface area contributed by atoms with Crippen LogP contribution in [-0.2, 0) is 6.54 Å². The highest BCUT2D eigenvalue weighted by molar-refractivity contribution is 9.10. The van der Waals surface area contributed by atoms with E-state index in [0.717, 1.165) is 15.7 Å². The van der Waals surface area contributed by atoms with Crippen molar-refractivity contribution in [2.24, 2.45) is 5.73 Å². The SMILES string of the molecule is Cc1cc(NCc2cccc(C(N)=O)c2)ccc1Br. The summed E-state index contributed by atoms with van der Waals surface area (Å²) >= 11 is 3.47. The standard InChI is InChI=1S/C15H15BrN2O/c1-10-7-13(5-6-14(10)16)18-9-11-3-2-4-12(8-11)15(17)19/h2-8,18H,9H2,1H3,(H2,17,19). The number of nitrogens with two attached hydrogens (primary N) is 1. The molecule has 0 saturated heterocycles. The molecule has 2 aromatic carbocycles. The van der Waals surface area contributed by atoms with Gasteiger partial charge in [0.1, 0.15) is 0 Å². The van der Waals surface area contributed by atoms with Crippen molar-refractivity contribution in [3.8, 4) is 0 Å². The highest BCUT2D eigenvalue weighted by Crippen LogP contribution is 2.20. The number of hydrogen-bond donors (Lipinski definition) is 2. The molecule has 0 saturated carbocycles. The number of primary amides is 1. The van der Waals surface area contributed by atoms with E-state index in [9.17, 15) is 4.79 Å². The Morgan fingerprint density at radius 2 is 2.05 bits per heavy atom. The largest absolute Gasteiger partial charge is 0.381 e. The van der Waals surface area contributed by atoms with Crippen molar-refractivity contribution in [1.82, 2.24) is 0 Å². The van der Waals surface area contributed by atoms with Crippen LogP contribution in [0.2, 0.25) is 0 Å². The smallest absolute Gasteiger partial charge is 0.248 e. The Kier molecular flexibility index (Phi) is 4.22. The highest BCUT2D eigenvalue weighted by atomic mass is 79.9. The van der Waals surface area contributed by atoms with Gasteiger partial charge in [-0.05, 0) is 48.4 Å². The lowest BCUT2D eigenvalue weighted by Gasteiger charge is -2.09. The van der Waals surface area contributed by atoms with Gasteiger partial charge in [0.05, 0.1) is 0 Å². The van der Waals surface area contributed by atoms with Crippen molar-refractivity contribution in [2.75, 3.05) is 5.32 Å². The van der Waals surface area contributed by atoms with Gasteiger partial charge >= 0.3 is 0 Å². The predicted octanol–water partition coefficient (Wildman–Crippen LogP) is 3.47. The molecule has 3 nitrogen and oxygen atoms in total. The number of carbonyl (C=O) groups is 1. The van der Waals surface area contributed by atoms with Crippen LogP contribution in [0.25, 0.3) is 0 Å². The molecule has 2 aromatic rings. The molecule has 0 spiro atoms. The van der Waals surface area contributed by atoms with E-state index in [1.807, 2.05) is 31.2 Å². The van der Waals surface area contributed by atoms with E-state index in [1.165, 1.54) is 5.56 Å². The Labute approximate surface area is 121 Å². The second-order valence-corrected chi connectivity index (χ2v) is 5.24. The van der Waals surface area contributed by atoms with Crippen molar-refractivity contribution in [1.29, 1.82) is 0 Å². The Morgan fingerprint density at radius 3 is 2.74 bits per heavy atom. The van der Waals surface area contributed by atoms with Gasteiger partial charge in [0, 0.05) is 22.3 Å². The Hall–Kier alpha value is -1.81. The van der Waals surface area contributed by atoms with Gasteiger partial charge in [-0.15, -0.1) is 0 Å². The summed E-state index contributed by atoms with van der Waals surface area (Å²) in [6, 6.07) is 13.4. The summed E-state index contributed by atoms with van der Waals surface area (Å²) in [5, 5.41) is 3.32. The number of aryl methyl sites for hydroxylation is 1. The summed E-state index contributed by atoms with van der Waals surface area (Å²) in [7, 11) is 0. The van der Waals surface area contributed by atoms with Gasteiger partial charge < -0.3 is 11.1 Å². The summed E-state index contributed by atoms with van der Waals surface area (Å²) in [6.45, 7) is 2.70. The first-order chi connectivity index (χ1) is 9.06. The average molecular weight is 319 g/mol. The molecule has 0 fully saturated rings. The third-order valence-corrected chi connectivity index (χ3v) is 3.76. The molecule has 3 N–H and O–H groups in total. The number of halogens is 1. The molecule has 19 heavy (non-hydrogen) atoms. The summed E-state index contributed by atoms with van der Waals surface area (Å²) in [5.74, 6) is -0.402. The van der Waals surface area contributed by atoms with E-state index >= 15 is 0 Å². The molecule has 4 heteroatoms. The van der Waals surface area contributed by atoms with Crippen LogP contribution in [0.4, 0.5) is 5.69 Å². The number of amides is 1.